The molecular weight excluding hydrogens is 262 g/mol. The average Bonchev–Trinajstić information content (AvgIpc) is 3.14. The highest BCUT2D eigenvalue weighted by Crippen LogP contribution is 2.06. The fourth-order valence-corrected chi connectivity index (χ4v) is 2.23. The Labute approximate surface area is 124 Å². The Bertz CT molecular complexity index is 684. The molecule has 21 heavy (non-hydrogen) atoms. The van der Waals surface area contributed by atoms with Crippen LogP contribution in [0.3, 0.4) is 0 Å². The van der Waals surface area contributed by atoms with Crippen LogP contribution in [0.4, 0.5) is 0 Å². The zero-order valence-electron chi connectivity index (χ0n) is 12.1. The molecule has 0 aliphatic rings. The Balaban J connectivity index is 1.49. The molecule has 3 rings (SSSR count). The molecule has 2 aromatic heterocycles. The van der Waals surface area contributed by atoms with E-state index in [0.29, 0.717) is 0 Å². The summed E-state index contributed by atoms with van der Waals surface area (Å²) in [7, 11) is 1.94. The summed E-state index contributed by atoms with van der Waals surface area (Å²) in [6.45, 7) is 1.70. The van der Waals surface area contributed by atoms with Gasteiger partial charge in [-0.15, -0.1) is 0 Å². The summed E-state index contributed by atoms with van der Waals surface area (Å²) in [5, 5.41) is 12.1. The van der Waals surface area contributed by atoms with Crippen LogP contribution in [-0.2, 0) is 20.0 Å². The molecule has 5 nitrogen and oxygen atoms in total. The van der Waals surface area contributed by atoms with E-state index in [9.17, 15) is 0 Å². The largest absolute Gasteiger partial charge is 0.311 e. The van der Waals surface area contributed by atoms with E-state index in [0.717, 1.165) is 30.9 Å². The molecular formula is C16H19N5. The first-order chi connectivity index (χ1) is 10.3. The number of nitrogens with zero attached hydrogens (tertiary/aromatic N) is 4. The summed E-state index contributed by atoms with van der Waals surface area (Å²) in [6.07, 6.45) is 6.93. The van der Waals surface area contributed by atoms with E-state index < -0.39 is 0 Å². The molecule has 5 heteroatoms. The van der Waals surface area contributed by atoms with Gasteiger partial charge in [-0.3, -0.25) is 4.68 Å². The standard InChI is InChI=1S/C16H19N5/c1-20-13-14(11-18-20)7-9-17-12-15-8-10-21(19-15)16-5-3-2-4-6-16/h2-6,8,10-11,13,17H,7,9,12H2,1H3. The average molecular weight is 281 g/mol. The van der Waals surface area contributed by atoms with E-state index >= 15 is 0 Å². The normalized spacial score (nSPS) is 10.9. The predicted octanol–water partition coefficient (Wildman–Crippen LogP) is 1.94. The van der Waals surface area contributed by atoms with Gasteiger partial charge in [0.1, 0.15) is 0 Å². The van der Waals surface area contributed by atoms with Crippen molar-refractivity contribution < 1.29 is 0 Å². The molecule has 0 radical (unpaired) electrons. The van der Waals surface area contributed by atoms with Crippen LogP contribution in [0.5, 0.6) is 0 Å². The minimum absolute atomic E-state index is 0.778. The molecule has 0 fully saturated rings. The summed E-state index contributed by atoms with van der Waals surface area (Å²) in [4.78, 5) is 0. The first kappa shape index (κ1) is 13.6. The quantitative estimate of drug-likeness (QED) is 0.702. The van der Waals surface area contributed by atoms with E-state index in [1.807, 2.05) is 71.4 Å². The molecule has 0 saturated heterocycles. The van der Waals surface area contributed by atoms with Crippen LogP contribution in [0.15, 0.2) is 55.0 Å². The summed E-state index contributed by atoms with van der Waals surface area (Å²) < 4.78 is 3.73. The fraction of sp³-hybridized carbons (Fsp3) is 0.250. The summed E-state index contributed by atoms with van der Waals surface area (Å²) >= 11 is 0. The molecule has 0 unspecified atom stereocenters. The number of aromatic nitrogens is 4. The zero-order valence-corrected chi connectivity index (χ0v) is 12.1. The molecule has 0 spiro atoms. The van der Waals surface area contributed by atoms with Crippen LogP contribution < -0.4 is 5.32 Å². The van der Waals surface area contributed by atoms with Gasteiger partial charge in [-0.05, 0) is 36.7 Å². The number of hydrogen-bond donors (Lipinski definition) is 1. The Hall–Kier alpha value is -2.40. The van der Waals surface area contributed by atoms with Crippen molar-refractivity contribution in [3.05, 3.63) is 66.2 Å². The van der Waals surface area contributed by atoms with Gasteiger partial charge in [0.25, 0.3) is 0 Å². The van der Waals surface area contributed by atoms with Crippen molar-refractivity contribution in [3.8, 4) is 5.69 Å². The zero-order chi connectivity index (χ0) is 14.5. The van der Waals surface area contributed by atoms with Crippen LogP contribution in [0.2, 0.25) is 0 Å². The third-order valence-electron chi connectivity index (χ3n) is 3.32. The topological polar surface area (TPSA) is 47.7 Å². The first-order valence-electron chi connectivity index (χ1n) is 7.09. The smallest absolute Gasteiger partial charge is 0.0766 e. The van der Waals surface area contributed by atoms with E-state index in [-0.39, 0.29) is 0 Å². The molecule has 108 valence electrons. The molecule has 0 amide bonds. The lowest BCUT2D eigenvalue weighted by molar-refractivity contribution is 0.665. The van der Waals surface area contributed by atoms with Crippen LogP contribution in [0.1, 0.15) is 11.3 Å². The van der Waals surface area contributed by atoms with E-state index in [4.69, 9.17) is 0 Å². The van der Waals surface area contributed by atoms with Crippen molar-refractivity contribution in [2.24, 2.45) is 7.05 Å². The van der Waals surface area contributed by atoms with Crippen molar-refractivity contribution in [1.82, 2.24) is 24.9 Å². The number of benzene rings is 1. The highest BCUT2D eigenvalue weighted by molar-refractivity contribution is 5.30. The summed E-state index contributed by atoms with van der Waals surface area (Å²) in [5.74, 6) is 0. The first-order valence-corrected chi connectivity index (χ1v) is 7.09. The summed E-state index contributed by atoms with van der Waals surface area (Å²) in [6, 6.07) is 12.2. The minimum atomic E-state index is 0.778. The van der Waals surface area contributed by atoms with Gasteiger partial charge in [0.2, 0.25) is 0 Å². The van der Waals surface area contributed by atoms with Gasteiger partial charge in [-0.1, -0.05) is 18.2 Å². The van der Waals surface area contributed by atoms with Gasteiger partial charge in [-0.25, -0.2) is 4.68 Å². The molecule has 0 bridgehead atoms. The maximum Gasteiger partial charge on any atom is 0.0766 e. The van der Waals surface area contributed by atoms with Crippen molar-refractivity contribution >= 4 is 0 Å². The van der Waals surface area contributed by atoms with Crippen LogP contribution in [0.25, 0.3) is 5.69 Å². The van der Waals surface area contributed by atoms with Gasteiger partial charge < -0.3 is 5.32 Å². The maximum absolute atomic E-state index is 4.57. The van der Waals surface area contributed by atoms with Gasteiger partial charge in [0, 0.05) is 26.0 Å². The lowest BCUT2D eigenvalue weighted by Gasteiger charge is -2.02. The lowest BCUT2D eigenvalue weighted by Crippen LogP contribution is -2.17. The van der Waals surface area contributed by atoms with Crippen LogP contribution in [0, 0.1) is 0 Å². The predicted molar refractivity (Wildman–Crippen MR) is 82.2 cm³/mol. The molecule has 1 N–H and O–H groups in total. The third-order valence-corrected chi connectivity index (χ3v) is 3.32. The van der Waals surface area contributed by atoms with Crippen LogP contribution >= 0.6 is 0 Å². The van der Waals surface area contributed by atoms with Gasteiger partial charge >= 0.3 is 0 Å². The molecule has 1 aromatic carbocycles. The molecule has 0 aliphatic carbocycles. The Kier molecular flexibility index (Phi) is 4.12. The van der Waals surface area contributed by atoms with Crippen LogP contribution in [-0.4, -0.2) is 26.1 Å². The van der Waals surface area contributed by atoms with E-state index in [1.54, 1.807) is 0 Å². The van der Waals surface area contributed by atoms with Gasteiger partial charge in [0.15, 0.2) is 0 Å². The van der Waals surface area contributed by atoms with Crippen molar-refractivity contribution in [2.75, 3.05) is 6.54 Å². The highest BCUT2D eigenvalue weighted by atomic mass is 15.3. The molecule has 0 saturated carbocycles. The molecule has 2 heterocycles. The highest BCUT2D eigenvalue weighted by Gasteiger charge is 2.01. The fourth-order valence-electron chi connectivity index (χ4n) is 2.23. The number of para-hydroxylation sites is 1. The second kappa shape index (κ2) is 6.37. The number of hydrogen-bond acceptors (Lipinski definition) is 3. The number of aryl methyl sites for hydroxylation is 1. The monoisotopic (exact) mass is 281 g/mol. The van der Waals surface area contributed by atoms with E-state index in [1.165, 1.54) is 5.56 Å². The van der Waals surface area contributed by atoms with Crippen molar-refractivity contribution in [1.29, 1.82) is 0 Å². The minimum Gasteiger partial charge on any atom is -0.311 e. The SMILES string of the molecule is Cn1cc(CCNCc2ccn(-c3ccccc3)n2)cn1. The van der Waals surface area contributed by atoms with Crippen molar-refractivity contribution in [2.45, 2.75) is 13.0 Å². The molecule has 0 aliphatic heterocycles. The number of rotatable bonds is 6. The van der Waals surface area contributed by atoms with Gasteiger partial charge in [-0.2, -0.15) is 10.2 Å². The lowest BCUT2D eigenvalue weighted by atomic mass is 10.2. The van der Waals surface area contributed by atoms with E-state index in [2.05, 4.69) is 15.5 Å². The Morgan fingerprint density at radius 3 is 2.76 bits per heavy atom. The Morgan fingerprint density at radius 1 is 1.14 bits per heavy atom. The third kappa shape index (κ3) is 3.58. The second-order valence-corrected chi connectivity index (χ2v) is 5.04. The van der Waals surface area contributed by atoms with Gasteiger partial charge in [0.05, 0.1) is 17.6 Å². The second-order valence-electron chi connectivity index (χ2n) is 5.04. The molecule has 3 aromatic rings. The molecule has 0 atom stereocenters. The number of nitrogens with one attached hydrogen (secondary N) is 1. The maximum atomic E-state index is 4.57. The Morgan fingerprint density at radius 2 is 2.00 bits per heavy atom. The summed E-state index contributed by atoms with van der Waals surface area (Å²) in [5.41, 5.74) is 3.38. The van der Waals surface area contributed by atoms with Crippen molar-refractivity contribution in [3.63, 3.8) is 0 Å².